The van der Waals surface area contributed by atoms with Crippen molar-refractivity contribution in [2.75, 3.05) is 6.54 Å². The summed E-state index contributed by atoms with van der Waals surface area (Å²) >= 11 is 0. The first-order chi connectivity index (χ1) is 14.3. The Morgan fingerprint density at radius 1 is 0.839 bits per heavy atom. The molecule has 8 heteroatoms. The van der Waals surface area contributed by atoms with Crippen LogP contribution in [0.3, 0.4) is 0 Å². The third kappa shape index (κ3) is 9.19. The fraction of sp³-hybridized carbons (Fsp3) is 0.565. The third-order valence-corrected chi connectivity index (χ3v) is 4.35. The standard InChI is InChI=1S/C23H35N3O5/c1-14(2)18(21(29)24-13-17(27)31-23(5,6)7)26-22(30)19(15(3)4)25-20(28)16-11-9-8-10-12-16/h8-12,14-15,18-19H,13H2,1-7H3,(H,24,29)(H,25,28)(H,26,30)/t18?,19-/m0/s1. The van der Waals surface area contributed by atoms with E-state index in [0.29, 0.717) is 5.56 Å². The second-order valence-electron chi connectivity index (χ2n) is 9.10. The Morgan fingerprint density at radius 2 is 1.35 bits per heavy atom. The first kappa shape index (κ1) is 26.1. The highest BCUT2D eigenvalue weighted by molar-refractivity contribution is 5.98. The molecule has 1 unspecified atom stereocenters. The normalized spacial score (nSPS) is 13.3. The number of nitrogens with one attached hydrogen (secondary N) is 3. The van der Waals surface area contributed by atoms with Gasteiger partial charge < -0.3 is 20.7 Å². The van der Waals surface area contributed by atoms with Crippen LogP contribution in [0.1, 0.15) is 58.8 Å². The van der Waals surface area contributed by atoms with Crippen molar-refractivity contribution < 1.29 is 23.9 Å². The van der Waals surface area contributed by atoms with Crippen LogP contribution in [0.15, 0.2) is 30.3 Å². The summed E-state index contributed by atoms with van der Waals surface area (Å²) in [5, 5.41) is 7.95. The molecule has 0 saturated heterocycles. The Morgan fingerprint density at radius 3 is 1.84 bits per heavy atom. The Bertz CT molecular complexity index is 769. The van der Waals surface area contributed by atoms with Crippen LogP contribution in [0.5, 0.6) is 0 Å². The van der Waals surface area contributed by atoms with Gasteiger partial charge in [0.15, 0.2) is 0 Å². The Hall–Kier alpha value is -2.90. The van der Waals surface area contributed by atoms with Crippen LogP contribution in [0, 0.1) is 11.8 Å². The Balaban J connectivity index is 2.79. The van der Waals surface area contributed by atoms with Gasteiger partial charge in [0.1, 0.15) is 24.2 Å². The predicted molar refractivity (Wildman–Crippen MR) is 118 cm³/mol. The molecule has 0 aliphatic heterocycles. The summed E-state index contributed by atoms with van der Waals surface area (Å²) in [5.41, 5.74) is -0.217. The predicted octanol–water partition coefficient (Wildman–Crippen LogP) is 2.04. The largest absolute Gasteiger partial charge is 0.459 e. The molecule has 0 bridgehead atoms. The lowest BCUT2D eigenvalue weighted by atomic mass is 9.99. The van der Waals surface area contributed by atoms with Gasteiger partial charge in [-0.05, 0) is 44.7 Å². The van der Waals surface area contributed by atoms with Crippen molar-refractivity contribution in [1.82, 2.24) is 16.0 Å². The quantitative estimate of drug-likeness (QED) is 0.516. The van der Waals surface area contributed by atoms with Crippen molar-refractivity contribution in [3.8, 4) is 0 Å². The maximum atomic E-state index is 12.9. The van der Waals surface area contributed by atoms with E-state index in [1.54, 1.807) is 65.0 Å². The van der Waals surface area contributed by atoms with Gasteiger partial charge in [0.05, 0.1) is 0 Å². The topological polar surface area (TPSA) is 114 Å². The summed E-state index contributed by atoms with van der Waals surface area (Å²) in [7, 11) is 0. The number of carbonyl (C=O) groups excluding carboxylic acids is 4. The van der Waals surface area contributed by atoms with E-state index in [9.17, 15) is 19.2 Å². The zero-order chi connectivity index (χ0) is 23.8. The van der Waals surface area contributed by atoms with E-state index in [4.69, 9.17) is 4.74 Å². The van der Waals surface area contributed by atoms with Crippen molar-refractivity contribution in [1.29, 1.82) is 0 Å². The Labute approximate surface area is 184 Å². The van der Waals surface area contributed by atoms with Crippen LogP contribution >= 0.6 is 0 Å². The lowest BCUT2D eigenvalue weighted by Gasteiger charge is -2.27. The first-order valence-electron chi connectivity index (χ1n) is 10.5. The second kappa shape index (κ2) is 11.5. The Kier molecular flexibility index (Phi) is 9.68. The molecule has 0 aromatic heterocycles. The van der Waals surface area contributed by atoms with Crippen molar-refractivity contribution in [3.63, 3.8) is 0 Å². The monoisotopic (exact) mass is 433 g/mol. The summed E-state index contributed by atoms with van der Waals surface area (Å²) in [6, 6.07) is 6.90. The minimum atomic E-state index is -0.871. The highest BCUT2D eigenvalue weighted by Gasteiger charge is 2.31. The van der Waals surface area contributed by atoms with E-state index < -0.39 is 35.5 Å². The third-order valence-electron chi connectivity index (χ3n) is 4.35. The van der Waals surface area contributed by atoms with Crippen molar-refractivity contribution >= 4 is 23.7 Å². The van der Waals surface area contributed by atoms with Crippen LogP contribution in [-0.4, -0.2) is 47.9 Å². The van der Waals surface area contributed by atoms with Crippen LogP contribution in [-0.2, 0) is 19.1 Å². The number of hydrogen-bond donors (Lipinski definition) is 3. The highest BCUT2D eigenvalue weighted by atomic mass is 16.6. The zero-order valence-corrected chi connectivity index (χ0v) is 19.4. The van der Waals surface area contributed by atoms with E-state index in [0.717, 1.165) is 0 Å². The molecule has 0 radical (unpaired) electrons. The number of esters is 1. The molecule has 3 amide bonds. The molecule has 1 rings (SSSR count). The summed E-state index contributed by atoms with van der Waals surface area (Å²) in [6.07, 6.45) is 0. The maximum absolute atomic E-state index is 12.9. The summed E-state index contributed by atoms with van der Waals surface area (Å²) in [6.45, 7) is 12.1. The number of rotatable bonds is 9. The molecule has 8 nitrogen and oxygen atoms in total. The van der Waals surface area contributed by atoms with Gasteiger partial charge in [-0.3, -0.25) is 19.2 Å². The van der Waals surface area contributed by atoms with E-state index in [1.165, 1.54) is 0 Å². The van der Waals surface area contributed by atoms with Gasteiger partial charge in [-0.25, -0.2) is 0 Å². The number of benzene rings is 1. The van der Waals surface area contributed by atoms with Gasteiger partial charge in [-0.1, -0.05) is 45.9 Å². The van der Waals surface area contributed by atoms with Gasteiger partial charge in [0.25, 0.3) is 5.91 Å². The van der Waals surface area contributed by atoms with Gasteiger partial charge in [-0.15, -0.1) is 0 Å². The fourth-order valence-corrected chi connectivity index (χ4v) is 2.77. The molecule has 0 spiro atoms. The second-order valence-corrected chi connectivity index (χ2v) is 9.10. The molecule has 172 valence electrons. The molecule has 2 atom stereocenters. The van der Waals surface area contributed by atoms with Crippen molar-refractivity contribution in [3.05, 3.63) is 35.9 Å². The molecule has 0 heterocycles. The summed E-state index contributed by atoms with van der Waals surface area (Å²) in [4.78, 5) is 49.9. The molecular formula is C23H35N3O5. The number of hydrogen-bond acceptors (Lipinski definition) is 5. The van der Waals surface area contributed by atoms with Crippen LogP contribution < -0.4 is 16.0 Å². The molecule has 3 N–H and O–H groups in total. The molecule has 1 aromatic carbocycles. The van der Waals surface area contributed by atoms with Gasteiger partial charge in [0.2, 0.25) is 11.8 Å². The molecule has 0 fully saturated rings. The molecular weight excluding hydrogens is 398 g/mol. The number of carbonyl (C=O) groups is 4. The molecule has 1 aromatic rings. The smallest absolute Gasteiger partial charge is 0.325 e. The van der Waals surface area contributed by atoms with Gasteiger partial charge in [0, 0.05) is 5.56 Å². The van der Waals surface area contributed by atoms with E-state index in [1.807, 2.05) is 13.8 Å². The SMILES string of the molecule is CC(C)C(NC(=O)[C@@H](NC(=O)c1ccccc1)C(C)C)C(=O)NCC(=O)OC(C)(C)C. The fourth-order valence-electron chi connectivity index (χ4n) is 2.77. The lowest BCUT2D eigenvalue weighted by Crippen LogP contribution is -2.57. The minimum absolute atomic E-state index is 0.203. The summed E-state index contributed by atoms with van der Waals surface area (Å²) in [5.74, 6) is -2.34. The number of ether oxygens (including phenoxy) is 1. The molecule has 0 aliphatic carbocycles. The van der Waals surface area contributed by atoms with Crippen LogP contribution in [0.25, 0.3) is 0 Å². The highest BCUT2D eigenvalue weighted by Crippen LogP contribution is 2.09. The van der Waals surface area contributed by atoms with E-state index >= 15 is 0 Å². The average molecular weight is 434 g/mol. The first-order valence-corrected chi connectivity index (χ1v) is 10.5. The number of amides is 3. The molecule has 31 heavy (non-hydrogen) atoms. The lowest BCUT2D eigenvalue weighted by molar-refractivity contribution is -0.154. The summed E-state index contributed by atoms with van der Waals surface area (Å²) < 4.78 is 5.18. The van der Waals surface area contributed by atoms with E-state index in [2.05, 4.69) is 16.0 Å². The molecule has 0 aliphatic rings. The molecule has 0 saturated carbocycles. The van der Waals surface area contributed by atoms with Crippen LogP contribution in [0.4, 0.5) is 0 Å². The van der Waals surface area contributed by atoms with E-state index in [-0.39, 0.29) is 24.3 Å². The minimum Gasteiger partial charge on any atom is -0.459 e. The zero-order valence-electron chi connectivity index (χ0n) is 19.4. The van der Waals surface area contributed by atoms with Gasteiger partial charge in [-0.2, -0.15) is 0 Å². The van der Waals surface area contributed by atoms with Crippen molar-refractivity contribution in [2.24, 2.45) is 11.8 Å². The van der Waals surface area contributed by atoms with Gasteiger partial charge >= 0.3 is 5.97 Å². The average Bonchev–Trinajstić information content (AvgIpc) is 2.66. The maximum Gasteiger partial charge on any atom is 0.325 e. The van der Waals surface area contributed by atoms with Crippen molar-refractivity contribution in [2.45, 2.75) is 66.2 Å². The van der Waals surface area contributed by atoms with Crippen LogP contribution in [0.2, 0.25) is 0 Å².